The van der Waals surface area contributed by atoms with E-state index in [-0.39, 0.29) is 6.54 Å². The van der Waals surface area contributed by atoms with Crippen LogP contribution in [0.2, 0.25) is 0 Å². The van der Waals surface area contributed by atoms with Crippen molar-refractivity contribution in [3.05, 3.63) is 24.3 Å². The van der Waals surface area contributed by atoms with Crippen LogP contribution in [0, 0.1) is 0 Å². The molecule has 0 radical (unpaired) electrons. The van der Waals surface area contributed by atoms with E-state index in [9.17, 15) is 9.18 Å². The highest BCUT2D eigenvalue weighted by molar-refractivity contribution is 5.73. The van der Waals surface area contributed by atoms with Crippen molar-refractivity contribution in [3.8, 4) is 5.75 Å². The standard InChI is InChI=1S/C10H12FNO3/c1-15-8-4-2-7(3-5-8)12-6-9(11)10(13)14/h2-5,9,12H,6H2,1H3,(H,13,14). The first kappa shape index (κ1) is 11.3. The minimum Gasteiger partial charge on any atom is -0.497 e. The van der Waals surface area contributed by atoms with Crippen LogP contribution >= 0.6 is 0 Å². The van der Waals surface area contributed by atoms with Crippen LogP contribution in [0.25, 0.3) is 0 Å². The number of hydrogen-bond donors (Lipinski definition) is 2. The number of halogens is 1. The van der Waals surface area contributed by atoms with E-state index in [1.54, 1.807) is 31.4 Å². The number of anilines is 1. The summed E-state index contributed by atoms with van der Waals surface area (Å²) in [5.74, 6) is -0.772. The van der Waals surface area contributed by atoms with Gasteiger partial charge in [0.05, 0.1) is 13.7 Å². The smallest absolute Gasteiger partial charge is 0.340 e. The lowest BCUT2D eigenvalue weighted by atomic mass is 10.3. The SMILES string of the molecule is COc1ccc(NCC(F)C(=O)O)cc1. The molecule has 0 amide bonds. The van der Waals surface area contributed by atoms with Crippen molar-refractivity contribution in [2.75, 3.05) is 19.0 Å². The monoisotopic (exact) mass is 213 g/mol. The molecular weight excluding hydrogens is 201 g/mol. The molecular formula is C10H12FNO3. The van der Waals surface area contributed by atoms with Crippen LogP contribution in [-0.4, -0.2) is 30.9 Å². The van der Waals surface area contributed by atoms with Crippen molar-refractivity contribution in [2.45, 2.75) is 6.17 Å². The van der Waals surface area contributed by atoms with E-state index in [4.69, 9.17) is 9.84 Å². The maximum absolute atomic E-state index is 12.7. The number of methoxy groups -OCH3 is 1. The van der Waals surface area contributed by atoms with E-state index < -0.39 is 12.1 Å². The molecule has 1 unspecified atom stereocenters. The molecule has 1 aromatic carbocycles. The predicted molar refractivity (Wildman–Crippen MR) is 54.0 cm³/mol. The van der Waals surface area contributed by atoms with E-state index in [0.29, 0.717) is 11.4 Å². The zero-order valence-electron chi connectivity index (χ0n) is 8.24. The second kappa shape index (κ2) is 5.19. The maximum atomic E-state index is 12.7. The minimum atomic E-state index is -1.90. The lowest BCUT2D eigenvalue weighted by Gasteiger charge is -2.07. The number of aliphatic carboxylic acids is 1. The van der Waals surface area contributed by atoms with Gasteiger partial charge < -0.3 is 15.2 Å². The van der Waals surface area contributed by atoms with Gasteiger partial charge in [-0.1, -0.05) is 0 Å². The fourth-order valence-electron chi connectivity index (χ4n) is 1.00. The van der Waals surface area contributed by atoms with Gasteiger partial charge in [-0.25, -0.2) is 9.18 Å². The Morgan fingerprint density at radius 1 is 1.53 bits per heavy atom. The van der Waals surface area contributed by atoms with Crippen LogP contribution in [0.4, 0.5) is 10.1 Å². The van der Waals surface area contributed by atoms with Gasteiger partial charge in [-0.2, -0.15) is 0 Å². The highest BCUT2D eigenvalue weighted by Gasteiger charge is 2.14. The van der Waals surface area contributed by atoms with Crippen LogP contribution in [0.1, 0.15) is 0 Å². The number of nitrogens with one attached hydrogen (secondary N) is 1. The Morgan fingerprint density at radius 2 is 2.13 bits per heavy atom. The zero-order valence-corrected chi connectivity index (χ0v) is 8.24. The molecule has 1 atom stereocenters. The van der Waals surface area contributed by atoms with E-state index >= 15 is 0 Å². The van der Waals surface area contributed by atoms with E-state index in [0.717, 1.165) is 0 Å². The Bertz CT molecular complexity index is 326. The number of carboxylic acid groups (broad SMARTS) is 1. The fourth-order valence-corrected chi connectivity index (χ4v) is 1.00. The van der Waals surface area contributed by atoms with Gasteiger partial charge in [0.1, 0.15) is 5.75 Å². The van der Waals surface area contributed by atoms with E-state index in [1.807, 2.05) is 0 Å². The average Bonchev–Trinajstić information content (AvgIpc) is 2.26. The predicted octanol–water partition coefficient (Wildman–Crippen LogP) is 1.53. The highest BCUT2D eigenvalue weighted by atomic mass is 19.1. The first-order valence-corrected chi connectivity index (χ1v) is 4.38. The van der Waals surface area contributed by atoms with Crippen molar-refractivity contribution in [1.29, 1.82) is 0 Å². The van der Waals surface area contributed by atoms with Crippen molar-refractivity contribution >= 4 is 11.7 Å². The van der Waals surface area contributed by atoms with Gasteiger partial charge in [-0.3, -0.25) is 0 Å². The molecule has 0 bridgehead atoms. The summed E-state index contributed by atoms with van der Waals surface area (Å²) >= 11 is 0. The summed E-state index contributed by atoms with van der Waals surface area (Å²) in [5, 5.41) is 11.0. The van der Waals surface area contributed by atoms with Gasteiger partial charge >= 0.3 is 5.97 Å². The molecule has 2 N–H and O–H groups in total. The van der Waals surface area contributed by atoms with Gasteiger partial charge in [-0.15, -0.1) is 0 Å². The Morgan fingerprint density at radius 3 is 2.60 bits per heavy atom. The van der Waals surface area contributed by atoms with Crippen LogP contribution in [0.3, 0.4) is 0 Å². The van der Waals surface area contributed by atoms with E-state index in [2.05, 4.69) is 5.32 Å². The van der Waals surface area contributed by atoms with E-state index in [1.165, 1.54) is 0 Å². The largest absolute Gasteiger partial charge is 0.497 e. The Labute approximate surface area is 86.7 Å². The average molecular weight is 213 g/mol. The number of hydrogen-bond acceptors (Lipinski definition) is 3. The number of alkyl halides is 1. The Kier molecular flexibility index (Phi) is 3.91. The summed E-state index contributed by atoms with van der Waals surface area (Å²) in [6, 6.07) is 6.79. The molecule has 82 valence electrons. The molecule has 0 aliphatic carbocycles. The van der Waals surface area contributed by atoms with Crippen LogP contribution < -0.4 is 10.1 Å². The number of ether oxygens (including phenoxy) is 1. The highest BCUT2D eigenvalue weighted by Crippen LogP contribution is 2.14. The third-order valence-corrected chi connectivity index (χ3v) is 1.84. The summed E-state index contributed by atoms with van der Waals surface area (Å²) in [4.78, 5) is 10.2. The second-order valence-electron chi connectivity index (χ2n) is 2.92. The molecule has 1 rings (SSSR count). The topological polar surface area (TPSA) is 58.6 Å². The quantitative estimate of drug-likeness (QED) is 0.778. The third-order valence-electron chi connectivity index (χ3n) is 1.84. The van der Waals surface area contributed by atoms with Crippen LogP contribution in [0.15, 0.2) is 24.3 Å². The fraction of sp³-hybridized carbons (Fsp3) is 0.300. The summed E-state index contributed by atoms with van der Waals surface area (Å²) in [6.07, 6.45) is -1.90. The van der Waals surface area contributed by atoms with Gasteiger partial charge in [0.2, 0.25) is 6.17 Å². The molecule has 0 heterocycles. The first-order chi connectivity index (χ1) is 7.13. The molecule has 0 aliphatic rings. The maximum Gasteiger partial charge on any atom is 0.340 e. The second-order valence-corrected chi connectivity index (χ2v) is 2.92. The zero-order chi connectivity index (χ0) is 11.3. The first-order valence-electron chi connectivity index (χ1n) is 4.38. The van der Waals surface area contributed by atoms with Crippen molar-refractivity contribution in [2.24, 2.45) is 0 Å². The van der Waals surface area contributed by atoms with Gasteiger partial charge in [0.25, 0.3) is 0 Å². The molecule has 1 aromatic rings. The van der Waals surface area contributed by atoms with Crippen LogP contribution in [0.5, 0.6) is 5.75 Å². The number of rotatable bonds is 5. The molecule has 4 nitrogen and oxygen atoms in total. The van der Waals surface area contributed by atoms with Gasteiger partial charge in [-0.05, 0) is 24.3 Å². The summed E-state index contributed by atoms with van der Waals surface area (Å²) in [7, 11) is 1.55. The molecule has 0 fully saturated rings. The lowest BCUT2D eigenvalue weighted by Crippen LogP contribution is -2.23. The number of carbonyl (C=O) groups is 1. The third kappa shape index (κ3) is 3.46. The Hall–Kier alpha value is -1.78. The molecule has 0 aliphatic heterocycles. The van der Waals surface area contributed by atoms with Gasteiger partial charge in [0, 0.05) is 5.69 Å². The van der Waals surface area contributed by atoms with Crippen LogP contribution in [-0.2, 0) is 4.79 Å². The van der Waals surface area contributed by atoms with Crippen molar-refractivity contribution in [3.63, 3.8) is 0 Å². The minimum absolute atomic E-state index is 0.248. The summed E-state index contributed by atoms with van der Waals surface area (Å²) in [5.41, 5.74) is 0.653. The summed E-state index contributed by atoms with van der Waals surface area (Å²) in [6.45, 7) is -0.248. The molecule has 0 spiro atoms. The normalized spacial score (nSPS) is 11.9. The molecule has 0 aromatic heterocycles. The van der Waals surface area contributed by atoms with Crippen molar-refractivity contribution in [1.82, 2.24) is 0 Å². The van der Waals surface area contributed by atoms with Crippen molar-refractivity contribution < 1.29 is 19.0 Å². The Balaban J connectivity index is 2.47. The molecule has 0 saturated heterocycles. The number of carboxylic acids is 1. The molecule has 5 heteroatoms. The van der Waals surface area contributed by atoms with Gasteiger partial charge in [0.15, 0.2) is 0 Å². The number of benzene rings is 1. The lowest BCUT2D eigenvalue weighted by molar-refractivity contribution is -0.142. The molecule has 15 heavy (non-hydrogen) atoms. The molecule has 0 saturated carbocycles. The summed E-state index contributed by atoms with van der Waals surface area (Å²) < 4.78 is 17.6.